The Balaban J connectivity index is 2.75. The lowest BCUT2D eigenvalue weighted by atomic mass is 10.2. The van der Waals surface area contributed by atoms with Crippen LogP contribution in [0, 0.1) is 5.92 Å². The Bertz CT molecular complexity index is 23.1. The molecule has 0 N–H and O–H groups in total. The summed E-state index contributed by atoms with van der Waals surface area (Å²) in [7, 11) is 2.74. The highest BCUT2D eigenvalue weighted by molar-refractivity contribution is 7.16. The van der Waals surface area contributed by atoms with Gasteiger partial charge in [0.2, 0.25) is 0 Å². The molecule has 0 fully saturated rings. The lowest BCUT2D eigenvalue weighted by Crippen LogP contribution is -1.89. The van der Waals surface area contributed by atoms with Crippen molar-refractivity contribution < 1.29 is 0 Å². The highest BCUT2D eigenvalue weighted by atomic mass is 31.0. The van der Waals surface area contributed by atoms with Crippen LogP contribution in [0.15, 0.2) is 0 Å². The van der Waals surface area contributed by atoms with Crippen molar-refractivity contribution in [2.75, 3.05) is 6.16 Å². The fourth-order valence-electron chi connectivity index (χ4n) is 0.167. The molecule has 0 spiro atoms. The van der Waals surface area contributed by atoms with Gasteiger partial charge in [-0.15, -0.1) is 9.24 Å². The first-order valence-electron chi connectivity index (χ1n) is 2.51. The molecule has 0 aliphatic rings. The van der Waals surface area contributed by atoms with Crippen molar-refractivity contribution in [3.05, 3.63) is 0 Å². The minimum absolute atomic E-state index is 0.898. The molecular weight excluding hydrogens is 91.0 g/mol. The predicted molar refractivity (Wildman–Crippen MR) is 34.0 cm³/mol. The van der Waals surface area contributed by atoms with Crippen molar-refractivity contribution in [2.24, 2.45) is 5.92 Å². The zero-order valence-electron chi connectivity index (χ0n) is 4.57. The van der Waals surface area contributed by atoms with Crippen molar-refractivity contribution in [2.45, 2.75) is 20.3 Å². The van der Waals surface area contributed by atoms with E-state index in [1.165, 1.54) is 12.6 Å². The van der Waals surface area contributed by atoms with Gasteiger partial charge in [-0.05, 0) is 12.1 Å². The van der Waals surface area contributed by atoms with E-state index in [1.54, 1.807) is 0 Å². The lowest BCUT2D eigenvalue weighted by Gasteiger charge is -1.98. The number of hydrogen-bond acceptors (Lipinski definition) is 0. The minimum atomic E-state index is 0.898. The maximum atomic E-state index is 2.74. The van der Waals surface area contributed by atoms with Gasteiger partial charge in [0.1, 0.15) is 0 Å². The normalized spacial score (nSPS) is 14.5. The summed E-state index contributed by atoms with van der Waals surface area (Å²) in [5.74, 6) is 0.898. The van der Waals surface area contributed by atoms with Gasteiger partial charge >= 0.3 is 0 Å². The molecule has 0 aromatic heterocycles. The van der Waals surface area contributed by atoms with Gasteiger partial charge in [0, 0.05) is 0 Å². The van der Waals surface area contributed by atoms with Gasteiger partial charge in [0.25, 0.3) is 0 Å². The second kappa shape index (κ2) is 3.61. The highest BCUT2D eigenvalue weighted by Crippen LogP contribution is 2.02. The van der Waals surface area contributed by atoms with E-state index >= 15 is 0 Å². The van der Waals surface area contributed by atoms with Gasteiger partial charge in [0.05, 0.1) is 0 Å². The highest BCUT2D eigenvalue weighted by Gasteiger charge is 1.88. The van der Waals surface area contributed by atoms with Crippen molar-refractivity contribution in [3.63, 3.8) is 0 Å². The van der Waals surface area contributed by atoms with Crippen LogP contribution in [0.25, 0.3) is 0 Å². The van der Waals surface area contributed by atoms with Gasteiger partial charge < -0.3 is 0 Å². The van der Waals surface area contributed by atoms with Crippen molar-refractivity contribution in [1.82, 2.24) is 0 Å². The van der Waals surface area contributed by atoms with Crippen molar-refractivity contribution >= 4 is 9.24 Å². The third-order valence-corrected chi connectivity index (χ3v) is 1.90. The van der Waals surface area contributed by atoms with E-state index in [4.69, 9.17) is 0 Å². The molecule has 38 valence electrons. The molecular formula is C5H13P. The van der Waals surface area contributed by atoms with Gasteiger partial charge in [-0.25, -0.2) is 0 Å². The maximum absolute atomic E-state index is 2.74. The quantitative estimate of drug-likeness (QED) is 0.469. The van der Waals surface area contributed by atoms with Crippen LogP contribution in [0.1, 0.15) is 20.3 Å². The van der Waals surface area contributed by atoms with Gasteiger partial charge in [-0.1, -0.05) is 20.3 Å². The Kier molecular flexibility index (Phi) is 3.87. The van der Waals surface area contributed by atoms with E-state index in [2.05, 4.69) is 23.1 Å². The molecule has 0 rings (SSSR count). The standard InChI is InChI=1S/C5H13P/c1-3-5(2)4-6/h5H,3-4,6H2,1-2H3. The van der Waals surface area contributed by atoms with Gasteiger partial charge in [-0.2, -0.15) is 0 Å². The molecule has 0 radical (unpaired) electrons. The molecule has 0 saturated heterocycles. The molecule has 0 aliphatic heterocycles. The van der Waals surface area contributed by atoms with Crippen molar-refractivity contribution in [3.8, 4) is 0 Å². The lowest BCUT2D eigenvalue weighted by molar-refractivity contribution is 0.637. The summed E-state index contributed by atoms with van der Waals surface area (Å²) in [4.78, 5) is 0. The van der Waals surface area contributed by atoms with E-state index in [1.807, 2.05) is 0 Å². The molecule has 2 atom stereocenters. The molecule has 6 heavy (non-hydrogen) atoms. The Morgan fingerprint density at radius 1 is 1.67 bits per heavy atom. The fourth-order valence-corrected chi connectivity index (χ4v) is 0.500. The average molecular weight is 104 g/mol. The van der Waals surface area contributed by atoms with E-state index in [9.17, 15) is 0 Å². The average Bonchev–Trinajstić information content (AvgIpc) is 1.65. The van der Waals surface area contributed by atoms with Crippen LogP contribution < -0.4 is 0 Å². The Labute approximate surface area is 42.5 Å². The fraction of sp³-hybridized carbons (Fsp3) is 1.00. The molecule has 0 saturated carbocycles. The Morgan fingerprint density at radius 2 is 2.17 bits per heavy atom. The number of rotatable bonds is 2. The van der Waals surface area contributed by atoms with Crippen LogP contribution in [0.3, 0.4) is 0 Å². The van der Waals surface area contributed by atoms with Crippen LogP contribution >= 0.6 is 9.24 Å². The van der Waals surface area contributed by atoms with E-state index in [-0.39, 0.29) is 0 Å². The van der Waals surface area contributed by atoms with E-state index in [0.717, 1.165) is 5.92 Å². The van der Waals surface area contributed by atoms with E-state index in [0.29, 0.717) is 0 Å². The summed E-state index contributed by atoms with van der Waals surface area (Å²) < 4.78 is 0. The predicted octanol–water partition coefficient (Wildman–Crippen LogP) is 1.91. The molecule has 0 aromatic rings. The topological polar surface area (TPSA) is 0 Å². The molecule has 0 heterocycles. The molecule has 2 unspecified atom stereocenters. The summed E-state index contributed by atoms with van der Waals surface area (Å²) in [5.41, 5.74) is 0. The van der Waals surface area contributed by atoms with Gasteiger partial charge in [0.15, 0.2) is 0 Å². The third-order valence-electron chi connectivity index (χ3n) is 1.10. The van der Waals surface area contributed by atoms with Crippen LogP contribution in [0.5, 0.6) is 0 Å². The van der Waals surface area contributed by atoms with Crippen LogP contribution in [0.2, 0.25) is 0 Å². The summed E-state index contributed by atoms with van der Waals surface area (Å²) >= 11 is 0. The second-order valence-electron chi connectivity index (χ2n) is 1.75. The summed E-state index contributed by atoms with van der Waals surface area (Å²) in [6.45, 7) is 4.47. The molecule has 0 bridgehead atoms. The largest absolute Gasteiger partial charge is 0.137 e. The van der Waals surface area contributed by atoms with Gasteiger partial charge in [-0.3, -0.25) is 0 Å². The zero-order chi connectivity index (χ0) is 4.99. The molecule has 0 amide bonds. The molecule has 1 heteroatoms. The summed E-state index contributed by atoms with van der Waals surface area (Å²) in [6.07, 6.45) is 2.56. The first-order chi connectivity index (χ1) is 2.81. The molecule has 0 nitrogen and oxygen atoms in total. The van der Waals surface area contributed by atoms with Crippen LogP contribution in [0.4, 0.5) is 0 Å². The van der Waals surface area contributed by atoms with Crippen LogP contribution in [-0.2, 0) is 0 Å². The monoisotopic (exact) mass is 104 g/mol. The van der Waals surface area contributed by atoms with Crippen LogP contribution in [-0.4, -0.2) is 6.16 Å². The molecule has 0 aromatic carbocycles. The Hall–Kier alpha value is 0.430. The van der Waals surface area contributed by atoms with E-state index < -0.39 is 0 Å². The second-order valence-corrected chi connectivity index (χ2v) is 2.22. The van der Waals surface area contributed by atoms with Crippen molar-refractivity contribution in [1.29, 1.82) is 0 Å². The first-order valence-corrected chi connectivity index (χ1v) is 3.33. The minimum Gasteiger partial charge on any atom is -0.137 e. The SMILES string of the molecule is CCC(C)CP. The zero-order valence-corrected chi connectivity index (χ0v) is 5.72. The summed E-state index contributed by atoms with van der Waals surface area (Å²) in [6, 6.07) is 0. The number of hydrogen-bond donors (Lipinski definition) is 0. The first kappa shape index (κ1) is 6.43. The molecule has 0 aliphatic carbocycles. The third kappa shape index (κ3) is 2.66. The smallest absolute Gasteiger partial charge is 0.0355 e. The maximum Gasteiger partial charge on any atom is -0.0355 e. The Morgan fingerprint density at radius 3 is 2.17 bits per heavy atom. The summed E-state index contributed by atoms with van der Waals surface area (Å²) in [5, 5.41) is 0.